The van der Waals surface area contributed by atoms with Gasteiger partial charge in [0.2, 0.25) is 0 Å². The molecule has 0 radical (unpaired) electrons. The Labute approximate surface area is 103 Å². The van der Waals surface area contributed by atoms with E-state index in [0.29, 0.717) is 0 Å². The average Bonchev–Trinajstić information content (AvgIpc) is 2.27. The highest BCUT2D eigenvalue weighted by atomic mass is 35.5. The lowest BCUT2D eigenvalue weighted by Gasteiger charge is -2.39. The lowest BCUT2D eigenvalue weighted by Crippen LogP contribution is -2.31. The maximum absolute atomic E-state index is 6.14. The molecule has 1 aliphatic rings. The number of hydrogen-bond acceptors (Lipinski definition) is 0. The predicted octanol–water partition coefficient (Wildman–Crippen LogP) is 4.90. The molecule has 1 aromatic carbocycles. The van der Waals surface area contributed by atoms with E-state index in [-0.39, 0.29) is 5.41 Å². The minimum atomic E-state index is 0.165. The summed E-state index contributed by atoms with van der Waals surface area (Å²) in [6, 6.07) is 6.34. The van der Waals surface area contributed by atoms with Gasteiger partial charge >= 0.3 is 0 Å². The lowest BCUT2D eigenvalue weighted by atomic mass is 9.65. The van der Waals surface area contributed by atoms with E-state index < -0.39 is 0 Å². The van der Waals surface area contributed by atoms with Crippen molar-refractivity contribution in [2.75, 3.05) is 0 Å². The highest BCUT2D eigenvalue weighted by Gasteiger charge is 2.35. The first kappa shape index (κ1) is 11.7. The van der Waals surface area contributed by atoms with Crippen LogP contribution in [0.2, 0.25) is 5.02 Å². The van der Waals surface area contributed by atoms with Crippen LogP contribution >= 0.6 is 11.6 Å². The minimum absolute atomic E-state index is 0.165. The van der Waals surface area contributed by atoms with Gasteiger partial charge in [0.25, 0.3) is 0 Å². The van der Waals surface area contributed by atoms with Gasteiger partial charge in [-0.1, -0.05) is 36.7 Å². The normalized spacial score (nSPS) is 23.9. The van der Waals surface area contributed by atoms with Crippen LogP contribution in [0.1, 0.15) is 44.2 Å². The topological polar surface area (TPSA) is 0 Å². The van der Waals surface area contributed by atoms with Crippen LogP contribution in [0.25, 0.3) is 0 Å². The molecule has 1 aliphatic carbocycles. The fraction of sp³-hybridized carbons (Fsp3) is 0.467. The van der Waals surface area contributed by atoms with Crippen LogP contribution in [-0.4, -0.2) is 0 Å². The van der Waals surface area contributed by atoms with Gasteiger partial charge in [0, 0.05) is 10.4 Å². The Hall–Kier alpha value is -0.750. The van der Waals surface area contributed by atoms with Crippen LogP contribution in [0.15, 0.2) is 30.4 Å². The Morgan fingerprint density at radius 1 is 1.50 bits per heavy atom. The Morgan fingerprint density at radius 2 is 2.25 bits per heavy atom. The average molecular weight is 235 g/mol. The van der Waals surface area contributed by atoms with Gasteiger partial charge in [-0.3, -0.25) is 0 Å². The van der Waals surface area contributed by atoms with Gasteiger partial charge < -0.3 is 0 Å². The maximum atomic E-state index is 6.14. The van der Waals surface area contributed by atoms with Gasteiger partial charge in [-0.15, -0.1) is 0 Å². The lowest BCUT2D eigenvalue weighted by molar-refractivity contribution is 0.407. The van der Waals surface area contributed by atoms with E-state index in [1.165, 1.54) is 36.0 Å². The number of aryl methyl sites for hydroxylation is 1. The second kappa shape index (κ2) is 4.25. The van der Waals surface area contributed by atoms with Crippen LogP contribution in [0.5, 0.6) is 0 Å². The SMILES string of the molecule is C=C(C)C1(CC)CCCc2ccc(Cl)cc21. The molecule has 0 spiro atoms. The van der Waals surface area contributed by atoms with Gasteiger partial charge in [0.15, 0.2) is 0 Å². The quantitative estimate of drug-likeness (QED) is 0.639. The van der Waals surface area contributed by atoms with Crippen molar-refractivity contribution >= 4 is 11.6 Å². The first-order valence-corrected chi connectivity index (χ1v) is 6.43. The van der Waals surface area contributed by atoms with Crippen LogP contribution in [-0.2, 0) is 11.8 Å². The van der Waals surface area contributed by atoms with Crippen LogP contribution in [0.4, 0.5) is 0 Å². The highest BCUT2D eigenvalue weighted by molar-refractivity contribution is 6.30. The summed E-state index contributed by atoms with van der Waals surface area (Å²) in [4.78, 5) is 0. The van der Waals surface area contributed by atoms with Crippen molar-refractivity contribution in [1.29, 1.82) is 0 Å². The molecule has 1 unspecified atom stereocenters. The van der Waals surface area contributed by atoms with Crippen LogP contribution in [0.3, 0.4) is 0 Å². The molecule has 86 valence electrons. The summed E-state index contributed by atoms with van der Waals surface area (Å²) >= 11 is 6.14. The second-order valence-electron chi connectivity index (χ2n) is 4.87. The molecule has 0 heterocycles. The van der Waals surface area contributed by atoms with Crippen molar-refractivity contribution < 1.29 is 0 Å². The molecule has 1 aromatic rings. The zero-order valence-corrected chi connectivity index (χ0v) is 10.9. The maximum Gasteiger partial charge on any atom is 0.0409 e. The van der Waals surface area contributed by atoms with Gasteiger partial charge in [-0.2, -0.15) is 0 Å². The first-order chi connectivity index (χ1) is 7.60. The molecule has 1 heteroatoms. The van der Waals surface area contributed by atoms with E-state index in [2.05, 4.69) is 32.6 Å². The Kier molecular flexibility index (Phi) is 3.12. The molecule has 16 heavy (non-hydrogen) atoms. The van der Waals surface area contributed by atoms with Crippen molar-refractivity contribution in [2.45, 2.75) is 44.9 Å². The number of fused-ring (bicyclic) bond motifs is 1. The molecule has 0 saturated heterocycles. The molecular formula is C15H19Cl. The van der Waals surface area contributed by atoms with Crippen molar-refractivity contribution in [1.82, 2.24) is 0 Å². The van der Waals surface area contributed by atoms with Crippen molar-refractivity contribution in [3.63, 3.8) is 0 Å². The molecule has 0 nitrogen and oxygen atoms in total. The standard InChI is InChI=1S/C15H19Cl/c1-4-15(11(2)3)9-5-6-12-7-8-13(16)10-14(12)15/h7-8,10H,2,4-6,9H2,1,3H3. The zero-order valence-electron chi connectivity index (χ0n) is 10.1. The minimum Gasteiger partial charge on any atom is -0.0992 e. The smallest absolute Gasteiger partial charge is 0.0409 e. The van der Waals surface area contributed by atoms with Gasteiger partial charge in [-0.25, -0.2) is 0 Å². The first-order valence-electron chi connectivity index (χ1n) is 6.05. The van der Waals surface area contributed by atoms with Crippen LogP contribution in [0, 0.1) is 0 Å². The summed E-state index contributed by atoms with van der Waals surface area (Å²) in [7, 11) is 0. The molecule has 0 bridgehead atoms. The van der Waals surface area contributed by atoms with Crippen molar-refractivity contribution in [3.05, 3.63) is 46.5 Å². The second-order valence-corrected chi connectivity index (χ2v) is 5.31. The van der Waals surface area contributed by atoms with E-state index in [1.54, 1.807) is 0 Å². The summed E-state index contributed by atoms with van der Waals surface area (Å²) in [6.45, 7) is 8.61. The molecule has 0 N–H and O–H groups in total. The Balaban J connectivity index is 2.61. The number of halogens is 1. The summed E-state index contributed by atoms with van der Waals surface area (Å²) < 4.78 is 0. The molecule has 0 aromatic heterocycles. The van der Waals surface area contributed by atoms with Gasteiger partial charge in [-0.05, 0) is 55.9 Å². The van der Waals surface area contributed by atoms with E-state index in [4.69, 9.17) is 11.6 Å². The predicted molar refractivity (Wildman–Crippen MR) is 71.2 cm³/mol. The molecule has 0 aliphatic heterocycles. The van der Waals surface area contributed by atoms with Crippen molar-refractivity contribution in [2.24, 2.45) is 0 Å². The summed E-state index contributed by atoms with van der Waals surface area (Å²) in [5.41, 5.74) is 4.32. The number of allylic oxidation sites excluding steroid dienone is 1. The molecule has 0 fully saturated rings. The molecule has 2 rings (SSSR count). The Bertz CT molecular complexity index is 419. The molecule has 1 atom stereocenters. The number of hydrogen-bond donors (Lipinski definition) is 0. The highest BCUT2D eigenvalue weighted by Crippen LogP contribution is 2.45. The number of rotatable bonds is 2. The van der Waals surface area contributed by atoms with E-state index in [0.717, 1.165) is 11.4 Å². The summed E-state index contributed by atoms with van der Waals surface area (Å²) in [5, 5.41) is 0.847. The van der Waals surface area contributed by atoms with E-state index in [1.807, 2.05) is 6.07 Å². The third-order valence-electron chi connectivity index (χ3n) is 4.06. The summed E-state index contributed by atoms with van der Waals surface area (Å²) in [6.07, 6.45) is 4.78. The van der Waals surface area contributed by atoms with E-state index >= 15 is 0 Å². The molecule has 0 amide bonds. The van der Waals surface area contributed by atoms with Gasteiger partial charge in [0.05, 0.1) is 0 Å². The van der Waals surface area contributed by atoms with Crippen molar-refractivity contribution in [3.8, 4) is 0 Å². The fourth-order valence-electron chi connectivity index (χ4n) is 3.04. The third kappa shape index (κ3) is 1.69. The van der Waals surface area contributed by atoms with E-state index in [9.17, 15) is 0 Å². The number of benzene rings is 1. The zero-order chi connectivity index (χ0) is 11.8. The fourth-order valence-corrected chi connectivity index (χ4v) is 3.21. The monoisotopic (exact) mass is 234 g/mol. The molecular weight excluding hydrogens is 216 g/mol. The van der Waals surface area contributed by atoms with Gasteiger partial charge in [0.1, 0.15) is 0 Å². The molecule has 0 saturated carbocycles. The van der Waals surface area contributed by atoms with Crippen LogP contribution < -0.4 is 0 Å². The third-order valence-corrected chi connectivity index (χ3v) is 4.29. The Morgan fingerprint density at radius 3 is 2.88 bits per heavy atom. The largest absolute Gasteiger partial charge is 0.0992 e. The summed E-state index contributed by atoms with van der Waals surface area (Å²) in [5.74, 6) is 0.